The van der Waals surface area contributed by atoms with Gasteiger partial charge in [0.05, 0.1) is 4.90 Å². The summed E-state index contributed by atoms with van der Waals surface area (Å²) in [5, 5.41) is 2.82. The largest absolute Gasteiger partial charge is 0.322 e. The maximum absolute atomic E-state index is 12.6. The number of amides is 1. The predicted octanol–water partition coefficient (Wildman–Crippen LogP) is 3.43. The summed E-state index contributed by atoms with van der Waals surface area (Å²) in [6.45, 7) is 4.04. The minimum Gasteiger partial charge on any atom is -0.322 e. The van der Waals surface area contributed by atoms with E-state index < -0.39 is 10.0 Å². The Bertz CT molecular complexity index is 1080. The molecule has 3 aromatic rings. The van der Waals surface area contributed by atoms with Gasteiger partial charge in [-0.25, -0.2) is 13.1 Å². The zero-order valence-electron chi connectivity index (χ0n) is 15.6. The summed E-state index contributed by atoms with van der Waals surface area (Å²) in [7, 11) is -3.75. The lowest BCUT2D eigenvalue weighted by molar-refractivity contribution is 0.102. The monoisotopic (exact) mass is 395 g/mol. The van der Waals surface area contributed by atoms with Crippen molar-refractivity contribution < 1.29 is 13.2 Å². The highest BCUT2D eigenvalue weighted by atomic mass is 32.2. The summed E-state index contributed by atoms with van der Waals surface area (Å²) in [6, 6.07) is 15.2. The van der Waals surface area contributed by atoms with Gasteiger partial charge in [0.1, 0.15) is 0 Å². The summed E-state index contributed by atoms with van der Waals surface area (Å²) in [5.74, 6) is -0.365. The van der Waals surface area contributed by atoms with Crippen LogP contribution in [0.25, 0.3) is 0 Å². The lowest BCUT2D eigenvalue weighted by Gasteiger charge is -2.10. The fourth-order valence-electron chi connectivity index (χ4n) is 2.82. The smallest absolute Gasteiger partial charge is 0.255 e. The van der Waals surface area contributed by atoms with Crippen molar-refractivity contribution in [1.29, 1.82) is 0 Å². The molecule has 28 heavy (non-hydrogen) atoms. The lowest BCUT2D eigenvalue weighted by atomic mass is 10.1. The van der Waals surface area contributed by atoms with Gasteiger partial charge in [-0.15, -0.1) is 0 Å². The van der Waals surface area contributed by atoms with Crippen molar-refractivity contribution >= 4 is 21.6 Å². The van der Waals surface area contributed by atoms with Crippen molar-refractivity contribution in [3.63, 3.8) is 0 Å². The van der Waals surface area contributed by atoms with Crippen molar-refractivity contribution in [3.05, 3.63) is 89.2 Å². The van der Waals surface area contributed by atoms with E-state index in [-0.39, 0.29) is 22.9 Å². The number of aromatic nitrogens is 1. The van der Waals surface area contributed by atoms with Crippen LogP contribution in [0.15, 0.2) is 71.9 Å². The highest BCUT2D eigenvalue weighted by molar-refractivity contribution is 7.89. The molecule has 1 heterocycles. The van der Waals surface area contributed by atoms with Crippen molar-refractivity contribution in [2.45, 2.75) is 25.3 Å². The van der Waals surface area contributed by atoms with Crippen LogP contribution in [0.5, 0.6) is 0 Å². The molecular weight excluding hydrogens is 374 g/mol. The molecule has 2 N–H and O–H groups in total. The number of nitrogens with zero attached hydrogens (tertiary/aromatic N) is 1. The molecule has 0 aliphatic carbocycles. The van der Waals surface area contributed by atoms with E-state index in [9.17, 15) is 13.2 Å². The van der Waals surface area contributed by atoms with E-state index in [1.807, 2.05) is 32.0 Å². The molecule has 0 bridgehead atoms. The molecule has 0 radical (unpaired) electrons. The number of pyridine rings is 1. The first-order valence-electron chi connectivity index (χ1n) is 8.72. The van der Waals surface area contributed by atoms with Crippen LogP contribution in [-0.2, 0) is 16.6 Å². The predicted molar refractivity (Wildman–Crippen MR) is 109 cm³/mol. The minimum absolute atomic E-state index is 0.0367. The second kappa shape index (κ2) is 8.33. The Hall–Kier alpha value is -3.03. The Morgan fingerprint density at radius 3 is 2.32 bits per heavy atom. The van der Waals surface area contributed by atoms with Gasteiger partial charge in [-0.1, -0.05) is 12.1 Å². The second-order valence-electron chi connectivity index (χ2n) is 6.54. The standard InChI is InChI=1S/C21H21N3O3S/c1-15-10-16(2)12-19(11-15)24-21(25)18-4-3-5-20(13-18)28(26,27)23-14-17-6-8-22-9-7-17/h3-13,23H,14H2,1-2H3,(H,24,25). The molecule has 0 aliphatic heterocycles. The average Bonchev–Trinajstić information content (AvgIpc) is 2.66. The zero-order chi connectivity index (χ0) is 20.1. The van der Waals surface area contributed by atoms with E-state index in [1.165, 1.54) is 12.1 Å². The van der Waals surface area contributed by atoms with E-state index in [0.29, 0.717) is 5.69 Å². The first kappa shape index (κ1) is 19.7. The van der Waals surface area contributed by atoms with Gasteiger partial charge in [0, 0.05) is 30.2 Å². The summed E-state index contributed by atoms with van der Waals surface area (Å²) < 4.78 is 27.7. The molecular formula is C21H21N3O3S. The Kier molecular flexibility index (Phi) is 5.87. The number of hydrogen-bond donors (Lipinski definition) is 2. The molecule has 7 heteroatoms. The molecule has 1 amide bonds. The normalized spacial score (nSPS) is 11.2. The number of anilines is 1. The van der Waals surface area contributed by atoms with Gasteiger partial charge in [0.2, 0.25) is 10.0 Å². The van der Waals surface area contributed by atoms with Crippen LogP contribution in [0.1, 0.15) is 27.0 Å². The Balaban J connectivity index is 1.76. The quantitative estimate of drug-likeness (QED) is 0.669. The summed E-state index contributed by atoms with van der Waals surface area (Å²) in [6.07, 6.45) is 3.20. The molecule has 0 saturated heterocycles. The van der Waals surface area contributed by atoms with Gasteiger partial charge < -0.3 is 5.32 Å². The van der Waals surface area contributed by atoms with Crippen LogP contribution in [0.4, 0.5) is 5.69 Å². The molecule has 6 nitrogen and oxygen atoms in total. The van der Waals surface area contributed by atoms with Crippen LogP contribution in [-0.4, -0.2) is 19.3 Å². The Morgan fingerprint density at radius 1 is 0.964 bits per heavy atom. The summed E-state index contributed by atoms with van der Waals surface area (Å²) in [4.78, 5) is 16.5. The number of sulfonamides is 1. The maximum atomic E-state index is 12.6. The molecule has 0 fully saturated rings. The van der Waals surface area contributed by atoms with E-state index >= 15 is 0 Å². The van der Waals surface area contributed by atoms with Crippen molar-refractivity contribution in [3.8, 4) is 0 Å². The van der Waals surface area contributed by atoms with E-state index in [1.54, 1.807) is 36.7 Å². The highest BCUT2D eigenvalue weighted by Gasteiger charge is 2.16. The number of hydrogen-bond acceptors (Lipinski definition) is 4. The molecule has 0 saturated carbocycles. The van der Waals surface area contributed by atoms with Gasteiger partial charge >= 0.3 is 0 Å². The maximum Gasteiger partial charge on any atom is 0.255 e. The first-order valence-corrected chi connectivity index (χ1v) is 10.2. The van der Waals surface area contributed by atoms with Gasteiger partial charge in [-0.2, -0.15) is 0 Å². The van der Waals surface area contributed by atoms with Gasteiger partial charge in [-0.3, -0.25) is 9.78 Å². The third-order valence-corrected chi connectivity index (χ3v) is 5.50. The molecule has 144 valence electrons. The first-order chi connectivity index (χ1) is 13.3. The van der Waals surface area contributed by atoms with Crippen LogP contribution >= 0.6 is 0 Å². The number of benzene rings is 2. The fourth-order valence-corrected chi connectivity index (χ4v) is 3.88. The van der Waals surface area contributed by atoms with E-state index in [4.69, 9.17) is 0 Å². The Morgan fingerprint density at radius 2 is 1.64 bits per heavy atom. The lowest BCUT2D eigenvalue weighted by Crippen LogP contribution is -2.23. The number of carbonyl (C=O) groups excluding carboxylic acids is 1. The highest BCUT2D eigenvalue weighted by Crippen LogP contribution is 2.17. The minimum atomic E-state index is -3.75. The van der Waals surface area contributed by atoms with Crippen molar-refractivity contribution in [1.82, 2.24) is 9.71 Å². The average molecular weight is 395 g/mol. The number of aryl methyl sites for hydroxylation is 2. The molecule has 3 rings (SSSR count). The molecule has 0 unspecified atom stereocenters. The second-order valence-corrected chi connectivity index (χ2v) is 8.31. The Labute approximate surface area is 164 Å². The topological polar surface area (TPSA) is 88.2 Å². The fraction of sp³-hybridized carbons (Fsp3) is 0.143. The van der Waals surface area contributed by atoms with Gasteiger partial charge in [0.15, 0.2) is 0 Å². The third kappa shape index (κ3) is 5.03. The summed E-state index contributed by atoms with van der Waals surface area (Å²) >= 11 is 0. The van der Waals surface area contributed by atoms with Crippen LogP contribution in [0.3, 0.4) is 0 Å². The van der Waals surface area contributed by atoms with Crippen molar-refractivity contribution in [2.75, 3.05) is 5.32 Å². The molecule has 0 spiro atoms. The summed E-state index contributed by atoms with van der Waals surface area (Å²) in [5.41, 5.74) is 3.80. The van der Waals surface area contributed by atoms with Crippen LogP contribution < -0.4 is 10.0 Å². The number of carbonyl (C=O) groups is 1. The van der Waals surface area contributed by atoms with Gasteiger partial charge in [0.25, 0.3) is 5.91 Å². The number of nitrogens with one attached hydrogen (secondary N) is 2. The molecule has 1 aromatic heterocycles. The van der Waals surface area contributed by atoms with Crippen molar-refractivity contribution in [2.24, 2.45) is 0 Å². The zero-order valence-corrected chi connectivity index (χ0v) is 16.5. The number of rotatable bonds is 6. The van der Waals surface area contributed by atoms with Gasteiger partial charge in [-0.05, 0) is 73.0 Å². The van der Waals surface area contributed by atoms with Crippen LogP contribution in [0, 0.1) is 13.8 Å². The van der Waals surface area contributed by atoms with E-state index in [0.717, 1.165) is 16.7 Å². The van der Waals surface area contributed by atoms with Crippen LogP contribution in [0.2, 0.25) is 0 Å². The SMILES string of the molecule is Cc1cc(C)cc(NC(=O)c2cccc(S(=O)(=O)NCc3ccncc3)c2)c1. The molecule has 2 aromatic carbocycles. The molecule has 0 aliphatic rings. The molecule has 0 atom stereocenters. The van der Waals surface area contributed by atoms with E-state index in [2.05, 4.69) is 15.0 Å². The third-order valence-electron chi connectivity index (χ3n) is 4.10.